The van der Waals surface area contributed by atoms with Gasteiger partial charge < -0.3 is 19.5 Å². The molecule has 0 fully saturated rings. The lowest BCUT2D eigenvalue weighted by Gasteiger charge is -2.30. The highest BCUT2D eigenvalue weighted by molar-refractivity contribution is 7.48. The monoisotopic (exact) mass is 559 g/mol. The number of esters is 2. The summed E-state index contributed by atoms with van der Waals surface area (Å²) in [5, 5.41) is 2.40. The molecular weight excluding hydrogens is 517 g/mol. The average molecular weight is 560 g/mol. The number of phosphoric acid groups is 1. The highest BCUT2D eigenvalue weighted by Crippen LogP contribution is 2.55. The average Bonchev–Trinajstić information content (AvgIpc) is 2.71. The number of benzene rings is 1. The number of hydrogen-bond acceptors (Lipinski definition) is 10. The maximum atomic E-state index is 13.1. The number of ether oxygens (including phenoxy) is 3. The highest BCUT2D eigenvalue weighted by Gasteiger charge is 2.38. The lowest BCUT2D eigenvalue weighted by atomic mass is 10.1. The number of carbonyl (C=O) groups is 3. The van der Waals surface area contributed by atoms with E-state index in [-0.39, 0.29) is 19.4 Å². The van der Waals surface area contributed by atoms with Crippen LogP contribution in [0.2, 0.25) is 0 Å². The van der Waals surface area contributed by atoms with E-state index >= 15 is 0 Å². The van der Waals surface area contributed by atoms with Crippen molar-refractivity contribution in [1.82, 2.24) is 5.32 Å². The van der Waals surface area contributed by atoms with E-state index in [1.54, 1.807) is 86.6 Å². The zero-order valence-corrected chi connectivity index (χ0v) is 24.7. The summed E-state index contributed by atoms with van der Waals surface area (Å²) >= 11 is 0. The van der Waals surface area contributed by atoms with Crippen molar-refractivity contribution in [2.24, 2.45) is 0 Å². The van der Waals surface area contributed by atoms with Gasteiger partial charge >= 0.3 is 25.9 Å². The topological polar surface area (TPSA) is 136 Å². The predicted octanol–water partition coefficient (Wildman–Crippen LogP) is 5.66. The van der Waals surface area contributed by atoms with E-state index < -0.39 is 55.5 Å². The van der Waals surface area contributed by atoms with Gasteiger partial charge in [0.25, 0.3) is 0 Å². The SMILES string of the molecule is CC(C)(C)OC(=O)CC[C@H](NC(=O)OCc1ccccc1)C(=O)OCOP(=O)(OC(C)(C)C)OC(C)(C)C. The molecule has 216 valence electrons. The van der Waals surface area contributed by atoms with Gasteiger partial charge in [0, 0.05) is 6.42 Å². The highest BCUT2D eigenvalue weighted by atomic mass is 31.2. The molecule has 0 saturated carbocycles. The van der Waals surface area contributed by atoms with Crippen molar-refractivity contribution >= 4 is 25.9 Å². The number of phosphoric ester groups is 1. The Morgan fingerprint density at radius 1 is 0.842 bits per heavy atom. The number of amides is 1. The standard InChI is InChI=1S/C26H42NO10P/c1-24(2,3)35-21(28)16-15-20(27-23(30)32-17-19-13-11-10-12-14-19)22(29)33-18-34-38(31,36-25(4,5)6)37-26(7,8)9/h10-14,20H,15-18H2,1-9H3,(H,27,30)/t20-/m0/s1. The van der Waals surface area contributed by atoms with Crippen LogP contribution in [-0.4, -0.2) is 47.7 Å². The van der Waals surface area contributed by atoms with E-state index in [0.29, 0.717) is 0 Å². The van der Waals surface area contributed by atoms with E-state index in [2.05, 4.69) is 5.32 Å². The van der Waals surface area contributed by atoms with Crippen molar-refractivity contribution in [3.05, 3.63) is 35.9 Å². The van der Waals surface area contributed by atoms with Gasteiger partial charge in [-0.3, -0.25) is 13.8 Å². The van der Waals surface area contributed by atoms with Crippen LogP contribution in [0.1, 0.15) is 80.7 Å². The Kier molecular flexibility index (Phi) is 12.4. The van der Waals surface area contributed by atoms with Gasteiger partial charge in [-0.1, -0.05) is 30.3 Å². The first kappa shape index (κ1) is 33.6. The lowest BCUT2D eigenvalue weighted by molar-refractivity contribution is -0.156. The molecule has 0 spiro atoms. The van der Waals surface area contributed by atoms with Crippen molar-refractivity contribution in [3.8, 4) is 0 Å². The molecule has 1 aromatic rings. The maximum Gasteiger partial charge on any atom is 0.478 e. The third-order valence-electron chi connectivity index (χ3n) is 4.03. The Balaban J connectivity index is 2.85. The van der Waals surface area contributed by atoms with E-state index in [4.69, 9.17) is 27.8 Å². The number of alkyl carbamates (subject to hydrolysis) is 1. The van der Waals surface area contributed by atoms with Crippen molar-refractivity contribution in [3.63, 3.8) is 0 Å². The minimum Gasteiger partial charge on any atom is -0.460 e. The van der Waals surface area contributed by atoms with Crippen molar-refractivity contribution in [2.45, 2.75) is 105 Å². The Labute approximate surface area is 225 Å². The lowest BCUT2D eigenvalue weighted by Crippen LogP contribution is -2.43. The molecule has 1 amide bonds. The van der Waals surface area contributed by atoms with Gasteiger partial charge in [0.2, 0.25) is 6.79 Å². The molecule has 0 aliphatic rings. The number of carbonyl (C=O) groups excluding carboxylic acids is 3. The molecule has 0 aliphatic heterocycles. The number of rotatable bonds is 12. The Hall–Kier alpha value is -2.46. The quantitative estimate of drug-likeness (QED) is 0.148. The molecule has 1 N–H and O–H groups in total. The normalized spacial score (nSPS) is 13.4. The Bertz CT molecular complexity index is 941. The molecule has 0 bridgehead atoms. The summed E-state index contributed by atoms with van der Waals surface area (Å²) in [4.78, 5) is 37.4. The molecule has 0 aromatic heterocycles. The zero-order valence-electron chi connectivity index (χ0n) is 23.8. The molecule has 1 aromatic carbocycles. The summed E-state index contributed by atoms with van der Waals surface area (Å²) in [6, 6.07) is 7.69. The van der Waals surface area contributed by atoms with Crippen LogP contribution in [-0.2, 0) is 48.5 Å². The van der Waals surface area contributed by atoms with Crippen LogP contribution in [0.5, 0.6) is 0 Å². The molecule has 1 rings (SSSR count). The van der Waals surface area contributed by atoms with Crippen LogP contribution in [0.15, 0.2) is 30.3 Å². The largest absolute Gasteiger partial charge is 0.478 e. The second kappa shape index (κ2) is 14.1. The number of hydrogen-bond donors (Lipinski definition) is 1. The van der Waals surface area contributed by atoms with E-state index in [9.17, 15) is 18.9 Å². The minimum absolute atomic E-state index is 0.0267. The Morgan fingerprint density at radius 2 is 1.39 bits per heavy atom. The van der Waals surface area contributed by atoms with Crippen molar-refractivity contribution in [1.29, 1.82) is 0 Å². The number of nitrogens with one attached hydrogen (secondary N) is 1. The first-order valence-corrected chi connectivity index (χ1v) is 13.7. The second-order valence-electron chi connectivity index (χ2n) is 11.4. The minimum atomic E-state index is -4.14. The van der Waals surface area contributed by atoms with E-state index in [1.807, 2.05) is 6.07 Å². The van der Waals surface area contributed by atoms with Crippen LogP contribution in [0.25, 0.3) is 0 Å². The first-order chi connectivity index (χ1) is 17.3. The predicted molar refractivity (Wildman–Crippen MR) is 140 cm³/mol. The van der Waals surface area contributed by atoms with Crippen LogP contribution in [0.4, 0.5) is 4.79 Å². The zero-order chi connectivity index (χ0) is 29.2. The summed E-state index contributed by atoms with van der Waals surface area (Å²) in [7, 11) is -4.14. The molecule has 0 aliphatic carbocycles. The Morgan fingerprint density at radius 3 is 1.89 bits per heavy atom. The summed E-state index contributed by atoms with van der Waals surface area (Å²) < 4.78 is 44.9. The van der Waals surface area contributed by atoms with E-state index in [1.165, 1.54) is 0 Å². The van der Waals surface area contributed by atoms with Crippen LogP contribution in [0, 0.1) is 0 Å². The summed E-state index contributed by atoms with van der Waals surface area (Å²) in [5.74, 6) is -1.50. The third-order valence-corrected chi connectivity index (χ3v) is 5.99. The van der Waals surface area contributed by atoms with Crippen LogP contribution < -0.4 is 5.32 Å². The van der Waals surface area contributed by atoms with Crippen molar-refractivity contribution < 1.29 is 46.7 Å². The van der Waals surface area contributed by atoms with Gasteiger partial charge in [-0.2, -0.15) is 0 Å². The molecule has 0 heterocycles. The molecule has 11 nitrogen and oxygen atoms in total. The van der Waals surface area contributed by atoms with Crippen LogP contribution in [0.3, 0.4) is 0 Å². The fourth-order valence-electron chi connectivity index (χ4n) is 2.80. The fourth-order valence-corrected chi connectivity index (χ4v) is 4.47. The van der Waals surface area contributed by atoms with Crippen LogP contribution >= 0.6 is 7.82 Å². The molecule has 0 radical (unpaired) electrons. The summed E-state index contributed by atoms with van der Waals surface area (Å²) in [6.45, 7) is 14.3. The van der Waals surface area contributed by atoms with Gasteiger partial charge in [0.15, 0.2) is 0 Å². The van der Waals surface area contributed by atoms with E-state index in [0.717, 1.165) is 5.56 Å². The molecule has 12 heteroatoms. The third kappa shape index (κ3) is 15.7. The smallest absolute Gasteiger partial charge is 0.460 e. The molecule has 38 heavy (non-hydrogen) atoms. The van der Waals surface area contributed by atoms with Gasteiger partial charge in [0.05, 0.1) is 11.2 Å². The van der Waals surface area contributed by atoms with Gasteiger partial charge in [-0.15, -0.1) is 0 Å². The molecule has 0 saturated heterocycles. The maximum absolute atomic E-state index is 13.1. The van der Waals surface area contributed by atoms with Gasteiger partial charge in [0.1, 0.15) is 18.2 Å². The molecular formula is C26H42NO10P. The van der Waals surface area contributed by atoms with Crippen molar-refractivity contribution in [2.75, 3.05) is 6.79 Å². The molecule has 0 unspecified atom stereocenters. The summed E-state index contributed by atoms with van der Waals surface area (Å²) in [5.41, 5.74) is -1.74. The van der Waals surface area contributed by atoms with Gasteiger partial charge in [-0.05, 0) is 74.3 Å². The van der Waals surface area contributed by atoms with Gasteiger partial charge in [-0.25, -0.2) is 18.7 Å². The molecule has 1 atom stereocenters. The second-order valence-corrected chi connectivity index (χ2v) is 13.0. The first-order valence-electron chi connectivity index (χ1n) is 12.3. The summed E-state index contributed by atoms with van der Waals surface area (Å²) in [6.07, 6.45) is -1.21. The fraction of sp³-hybridized carbons (Fsp3) is 0.654.